The van der Waals surface area contributed by atoms with Crippen LogP contribution >= 0.6 is 11.6 Å². The fraction of sp³-hybridized carbons (Fsp3) is 0.611. The minimum Gasteiger partial charge on any atom is -0.341 e. The summed E-state index contributed by atoms with van der Waals surface area (Å²) in [6.45, 7) is 2.25. The van der Waals surface area contributed by atoms with Gasteiger partial charge in [0.2, 0.25) is 5.91 Å². The summed E-state index contributed by atoms with van der Waals surface area (Å²) in [7, 11) is 3.72. The Morgan fingerprint density at radius 1 is 1.32 bits per heavy atom. The van der Waals surface area contributed by atoms with E-state index in [0.717, 1.165) is 12.8 Å². The third kappa shape index (κ3) is 4.92. The number of nitro groups is 1. The maximum absolute atomic E-state index is 12.8. The van der Waals surface area contributed by atoms with Crippen LogP contribution in [-0.4, -0.2) is 46.8 Å². The van der Waals surface area contributed by atoms with Crippen LogP contribution in [0, 0.1) is 10.1 Å². The molecule has 0 heterocycles. The fourth-order valence-electron chi connectivity index (χ4n) is 3.33. The average Bonchev–Trinajstić information content (AvgIpc) is 2.62. The quantitative estimate of drug-likeness (QED) is 0.565. The van der Waals surface area contributed by atoms with Gasteiger partial charge in [0.05, 0.1) is 11.0 Å². The SMILES string of the molecule is CC(C(=O)N(C)C1CCCCC1)N(C)Cc1cc([N+](=O)[O-])ccc1Cl. The van der Waals surface area contributed by atoms with Gasteiger partial charge in [-0.25, -0.2) is 0 Å². The first-order valence-corrected chi connectivity index (χ1v) is 9.08. The van der Waals surface area contributed by atoms with Crippen molar-refractivity contribution in [2.24, 2.45) is 0 Å². The second-order valence-electron chi connectivity index (χ2n) is 6.86. The molecule has 138 valence electrons. The van der Waals surface area contributed by atoms with E-state index in [1.165, 1.54) is 37.5 Å². The summed E-state index contributed by atoms with van der Waals surface area (Å²) in [5.41, 5.74) is 0.657. The number of rotatable bonds is 6. The highest BCUT2D eigenvalue weighted by molar-refractivity contribution is 6.31. The molecule has 0 aliphatic heterocycles. The van der Waals surface area contributed by atoms with Crippen molar-refractivity contribution >= 4 is 23.2 Å². The first-order valence-electron chi connectivity index (χ1n) is 8.71. The van der Waals surface area contributed by atoms with E-state index in [9.17, 15) is 14.9 Å². The van der Waals surface area contributed by atoms with Gasteiger partial charge >= 0.3 is 0 Å². The molecule has 1 unspecified atom stereocenters. The standard InChI is InChI=1S/C18H26ClN3O3/c1-13(18(23)21(3)15-7-5-4-6-8-15)20(2)12-14-11-16(22(24)25)9-10-17(14)19/h9-11,13,15H,4-8,12H2,1-3H3. The van der Waals surface area contributed by atoms with Gasteiger partial charge in [-0.1, -0.05) is 30.9 Å². The van der Waals surface area contributed by atoms with E-state index < -0.39 is 4.92 Å². The average molecular weight is 368 g/mol. The number of carbonyl (C=O) groups is 1. The molecule has 1 aliphatic carbocycles. The summed E-state index contributed by atoms with van der Waals surface area (Å²) < 4.78 is 0. The summed E-state index contributed by atoms with van der Waals surface area (Å²) in [6, 6.07) is 4.39. The number of carbonyl (C=O) groups excluding carboxylic acids is 1. The predicted molar refractivity (Wildman–Crippen MR) is 98.7 cm³/mol. The summed E-state index contributed by atoms with van der Waals surface area (Å²) >= 11 is 6.17. The van der Waals surface area contributed by atoms with E-state index in [0.29, 0.717) is 23.2 Å². The molecule has 1 aromatic rings. The molecule has 1 atom stereocenters. The lowest BCUT2D eigenvalue weighted by Crippen LogP contribution is -2.48. The molecule has 0 radical (unpaired) electrons. The van der Waals surface area contributed by atoms with E-state index in [2.05, 4.69) is 0 Å². The first kappa shape index (κ1) is 19.7. The van der Waals surface area contributed by atoms with Gasteiger partial charge in [0, 0.05) is 36.8 Å². The van der Waals surface area contributed by atoms with E-state index >= 15 is 0 Å². The molecule has 0 bridgehead atoms. The van der Waals surface area contributed by atoms with E-state index in [1.807, 2.05) is 30.8 Å². The van der Waals surface area contributed by atoms with Crippen LogP contribution < -0.4 is 0 Å². The van der Waals surface area contributed by atoms with Crippen molar-refractivity contribution in [3.05, 3.63) is 38.9 Å². The molecular formula is C18H26ClN3O3. The molecule has 0 spiro atoms. The molecule has 0 aromatic heterocycles. The number of benzene rings is 1. The van der Waals surface area contributed by atoms with Crippen molar-refractivity contribution in [1.29, 1.82) is 0 Å². The fourth-order valence-corrected chi connectivity index (χ4v) is 3.51. The van der Waals surface area contributed by atoms with Crippen LogP contribution in [0.3, 0.4) is 0 Å². The lowest BCUT2D eigenvalue weighted by atomic mass is 9.94. The van der Waals surface area contributed by atoms with Gasteiger partial charge in [-0.3, -0.25) is 19.8 Å². The number of amides is 1. The van der Waals surface area contributed by atoms with E-state index in [4.69, 9.17) is 11.6 Å². The highest BCUT2D eigenvalue weighted by Gasteiger charge is 2.28. The Hall–Kier alpha value is -1.66. The first-order chi connectivity index (χ1) is 11.8. The van der Waals surface area contributed by atoms with E-state index in [1.54, 1.807) is 0 Å². The minimum atomic E-state index is -0.439. The summed E-state index contributed by atoms with van der Waals surface area (Å²) in [5.74, 6) is 0.0796. The van der Waals surface area contributed by atoms with Crippen LogP contribution in [0.15, 0.2) is 18.2 Å². The van der Waals surface area contributed by atoms with Crippen LogP contribution in [-0.2, 0) is 11.3 Å². The van der Waals surface area contributed by atoms with Gasteiger partial charge in [-0.2, -0.15) is 0 Å². The zero-order valence-corrected chi connectivity index (χ0v) is 15.8. The summed E-state index contributed by atoms with van der Waals surface area (Å²) in [5, 5.41) is 11.4. The number of halogens is 1. The molecule has 1 fully saturated rings. The highest BCUT2D eigenvalue weighted by atomic mass is 35.5. The van der Waals surface area contributed by atoms with Crippen molar-refractivity contribution in [2.75, 3.05) is 14.1 Å². The number of likely N-dealkylation sites (N-methyl/N-ethyl adjacent to an activating group) is 2. The van der Waals surface area contributed by atoms with Gasteiger partial charge in [0.25, 0.3) is 5.69 Å². The maximum atomic E-state index is 12.8. The molecule has 2 rings (SSSR count). The number of hydrogen-bond donors (Lipinski definition) is 0. The largest absolute Gasteiger partial charge is 0.341 e. The molecule has 6 nitrogen and oxygen atoms in total. The smallest absolute Gasteiger partial charge is 0.269 e. The van der Waals surface area contributed by atoms with Crippen molar-refractivity contribution in [2.45, 2.75) is 57.7 Å². The van der Waals surface area contributed by atoms with Crippen molar-refractivity contribution in [3.8, 4) is 0 Å². The molecule has 1 aliphatic rings. The Morgan fingerprint density at radius 2 is 1.96 bits per heavy atom. The highest BCUT2D eigenvalue weighted by Crippen LogP contribution is 2.25. The monoisotopic (exact) mass is 367 g/mol. The van der Waals surface area contributed by atoms with Crippen LogP contribution in [0.25, 0.3) is 0 Å². The van der Waals surface area contributed by atoms with Crippen LogP contribution in [0.5, 0.6) is 0 Å². The molecular weight excluding hydrogens is 342 g/mol. The van der Waals surface area contributed by atoms with Gasteiger partial charge in [-0.05, 0) is 38.4 Å². The van der Waals surface area contributed by atoms with Crippen molar-refractivity contribution in [3.63, 3.8) is 0 Å². The Labute approximate surface area is 153 Å². The van der Waals surface area contributed by atoms with Crippen LogP contribution in [0.4, 0.5) is 5.69 Å². The molecule has 25 heavy (non-hydrogen) atoms. The predicted octanol–water partition coefficient (Wildman–Crippen LogP) is 3.86. The maximum Gasteiger partial charge on any atom is 0.269 e. The molecule has 1 amide bonds. The number of nitrogens with zero attached hydrogens (tertiary/aromatic N) is 3. The van der Waals surface area contributed by atoms with Gasteiger partial charge < -0.3 is 4.90 Å². The second kappa shape index (κ2) is 8.63. The Bertz CT molecular complexity index is 632. The Kier molecular flexibility index (Phi) is 6.79. The van der Waals surface area contributed by atoms with Crippen LogP contribution in [0.1, 0.15) is 44.6 Å². The van der Waals surface area contributed by atoms with Crippen molar-refractivity contribution < 1.29 is 9.72 Å². The molecule has 1 aromatic carbocycles. The minimum absolute atomic E-state index is 0.00565. The number of hydrogen-bond acceptors (Lipinski definition) is 4. The number of nitro benzene ring substituents is 1. The van der Waals surface area contributed by atoms with Gasteiger partial charge in [-0.15, -0.1) is 0 Å². The lowest BCUT2D eigenvalue weighted by molar-refractivity contribution is -0.384. The number of non-ortho nitro benzene ring substituents is 1. The molecule has 1 saturated carbocycles. The van der Waals surface area contributed by atoms with Gasteiger partial charge in [0.1, 0.15) is 0 Å². The topological polar surface area (TPSA) is 66.7 Å². The lowest BCUT2D eigenvalue weighted by Gasteiger charge is -2.35. The third-order valence-electron chi connectivity index (χ3n) is 5.15. The molecule has 0 N–H and O–H groups in total. The van der Waals surface area contributed by atoms with Crippen molar-refractivity contribution in [1.82, 2.24) is 9.80 Å². The molecule has 7 heteroatoms. The second-order valence-corrected chi connectivity index (χ2v) is 7.27. The van der Waals surface area contributed by atoms with E-state index in [-0.39, 0.29) is 17.6 Å². The Morgan fingerprint density at radius 3 is 2.56 bits per heavy atom. The zero-order valence-electron chi connectivity index (χ0n) is 15.1. The third-order valence-corrected chi connectivity index (χ3v) is 5.52. The Balaban J connectivity index is 2.04. The zero-order chi connectivity index (χ0) is 18.6. The van der Waals surface area contributed by atoms with Gasteiger partial charge in [0.15, 0.2) is 0 Å². The van der Waals surface area contributed by atoms with Crippen LogP contribution in [0.2, 0.25) is 5.02 Å². The summed E-state index contributed by atoms with van der Waals surface area (Å²) in [6.07, 6.45) is 5.73. The normalized spacial score (nSPS) is 16.7. The molecule has 0 saturated heterocycles. The summed E-state index contributed by atoms with van der Waals surface area (Å²) in [4.78, 5) is 27.0.